The third kappa shape index (κ3) is 5.33. The number of alkyl halides is 3. The highest BCUT2D eigenvalue weighted by molar-refractivity contribution is 7.09. The monoisotopic (exact) mass is 535 g/mol. The van der Waals surface area contributed by atoms with E-state index in [4.69, 9.17) is 4.74 Å². The van der Waals surface area contributed by atoms with Crippen LogP contribution in [0.15, 0.2) is 24.5 Å². The smallest absolute Gasteiger partial charge is 0.417 e. The number of likely N-dealkylation sites (N-methyl/N-ethyl adjacent to an activating group) is 1. The molecule has 0 spiro atoms. The second-order valence-electron chi connectivity index (χ2n) is 9.87. The highest BCUT2D eigenvalue weighted by Crippen LogP contribution is 2.41. The molecule has 1 aliphatic rings. The minimum absolute atomic E-state index is 0.0616. The van der Waals surface area contributed by atoms with Crippen LogP contribution in [0.1, 0.15) is 45.7 Å². The van der Waals surface area contributed by atoms with Gasteiger partial charge in [-0.15, -0.1) is 0 Å². The Labute approximate surface area is 214 Å². The van der Waals surface area contributed by atoms with E-state index in [2.05, 4.69) is 30.0 Å². The number of rotatable bonds is 4. The zero-order valence-electron chi connectivity index (χ0n) is 20.8. The van der Waals surface area contributed by atoms with Crippen LogP contribution in [0, 0.1) is 0 Å². The second-order valence-corrected chi connectivity index (χ2v) is 10.6. The number of ether oxygens (including phenoxy) is 1. The van der Waals surface area contributed by atoms with Crippen molar-refractivity contribution in [2.24, 2.45) is 0 Å². The molecule has 14 heteroatoms. The maximum absolute atomic E-state index is 13.3. The van der Waals surface area contributed by atoms with E-state index in [1.165, 1.54) is 0 Å². The van der Waals surface area contributed by atoms with Crippen LogP contribution in [0.3, 0.4) is 0 Å². The Balaban J connectivity index is 1.62. The van der Waals surface area contributed by atoms with Crippen LogP contribution in [0.2, 0.25) is 0 Å². The summed E-state index contributed by atoms with van der Waals surface area (Å²) in [6, 6.07) is 2.49. The highest BCUT2D eigenvalue weighted by Gasteiger charge is 2.42. The van der Waals surface area contributed by atoms with Gasteiger partial charge in [0, 0.05) is 24.8 Å². The van der Waals surface area contributed by atoms with E-state index in [0.717, 1.165) is 23.2 Å². The number of anilines is 4. The Hall–Kier alpha value is -3.81. The molecule has 37 heavy (non-hydrogen) atoms. The minimum atomic E-state index is -4.67. The number of fused-ring (bicyclic) bond motifs is 1. The van der Waals surface area contributed by atoms with Crippen molar-refractivity contribution in [2.45, 2.75) is 51.8 Å². The quantitative estimate of drug-likeness (QED) is 0.458. The first-order chi connectivity index (χ1) is 17.1. The van der Waals surface area contributed by atoms with E-state index < -0.39 is 28.8 Å². The molecule has 2 N–H and O–H groups in total. The Morgan fingerprint density at radius 1 is 1.14 bits per heavy atom. The van der Waals surface area contributed by atoms with Crippen molar-refractivity contribution in [1.29, 1.82) is 0 Å². The number of hydrogen-bond acceptors (Lipinski definition) is 9. The molecule has 0 saturated heterocycles. The van der Waals surface area contributed by atoms with Crippen LogP contribution in [-0.4, -0.2) is 44.0 Å². The Morgan fingerprint density at radius 3 is 2.49 bits per heavy atom. The molecular formula is C23H24F3N7O3S. The van der Waals surface area contributed by atoms with E-state index >= 15 is 0 Å². The lowest BCUT2D eigenvalue weighted by Crippen LogP contribution is -2.33. The molecule has 196 valence electrons. The number of amides is 2. The summed E-state index contributed by atoms with van der Waals surface area (Å²) in [6.07, 6.45) is -3.40. The fourth-order valence-electron chi connectivity index (χ4n) is 3.69. The number of carbonyl (C=O) groups excluding carboxylic acids is 2. The maximum Gasteiger partial charge on any atom is 0.417 e. The standard InChI is InChI=1S/C23H24F3N7O3S/c1-21(2,3)36-20(35)29-14-7-11(23(24,25)26)9-28-16(14)30-19-31-17(32-37-19)13-8-12-15(10-27-13)33(6)18(34)22(12,4)5/h7-10H,1-6H3,(H,29,35)(H,28,30,31,32). The molecule has 2 amide bonds. The Bertz CT molecular complexity index is 1380. The molecule has 10 nitrogen and oxygen atoms in total. The van der Waals surface area contributed by atoms with E-state index in [0.29, 0.717) is 17.6 Å². The van der Waals surface area contributed by atoms with E-state index in [1.54, 1.807) is 45.0 Å². The van der Waals surface area contributed by atoms with Crippen LogP contribution in [-0.2, 0) is 21.1 Å². The van der Waals surface area contributed by atoms with Crippen LogP contribution >= 0.6 is 11.5 Å². The Kier molecular flexibility index (Phi) is 6.34. The first kappa shape index (κ1) is 26.3. The number of pyridine rings is 2. The van der Waals surface area contributed by atoms with Gasteiger partial charge in [0.25, 0.3) is 0 Å². The summed E-state index contributed by atoms with van der Waals surface area (Å²) >= 11 is 0.925. The van der Waals surface area contributed by atoms with Gasteiger partial charge in [-0.2, -0.15) is 22.5 Å². The number of halogens is 3. The molecule has 3 aromatic rings. The van der Waals surface area contributed by atoms with Crippen LogP contribution in [0.4, 0.5) is 40.3 Å². The van der Waals surface area contributed by atoms with Gasteiger partial charge in [0.05, 0.1) is 28.6 Å². The molecule has 1 aliphatic heterocycles. The largest absolute Gasteiger partial charge is 0.444 e. The minimum Gasteiger partial charge on any atom is -0.444 e. The molecule has 0 atom stereocenters. The van der Waals surface area contributed by atoms with E-state index in [9.17, 15) is 22.8 Å². The molecule has 3 aromatic heterocycles. The Morgan fingerprint density at radius 2 is 1.84 bits per heavy atom. The predicted octanol–water partition coefficient (Wildman–Crippen LogP) is 5.36. The first-order valence-electron chi connectivity index (χ1n) is 11.0. The number of nitrogens with one attached hydrogen (secondary N) is 2. The average molecular weight is 536 g/mol. The number of hydrogen-bond donors (Lipinski definition) is 2. The molecule has 0 aliphatic carbocycles. The highest BCUT2D eigenvalue weighted by atomic mass is 32.1. The van der Waals surface area contributed by atoms with Crippen molar-refractivity contribution in [3.8, 4) is 11.5 Å². The molecule has 0 fully saturated rings. The molecule has 0 aromatic carbocycles. The summed E-state index contributed by atoms with van der Waals surface area (Å²) in [5.41, 5.74) is -1.01. The molecule has 0 unspecified atom stereocenters. The lowest BCUT2D eigenvalue weighted by Gasteiger charge is -2.20. The SMILES string of the molecule is CN1C(=O)C(C)(C)c2cc(-c3nsc(Nc4ncc(C(F)(F)F)cc4NC(=O)OC(C)(C)C)n3)ncc21. The van der Waals surface area contributed by atoms with Crippen LogP contribution in [0.25, 0.3) is 11.5 Å². The fraction of sp³-hybridized carbons (Fsp3) is 0.391. The third-order valence-corrected chi connectivity index (χ3v) is 6.12. The average Bonchev–Trinajstić information content (AvgIpc) is 3.31. The van der Waals surface area contributed by atoms with Gasteiger partial charge in [-0.25, -0.2) is 9.78 Å². The van der Waals surface area contributed by atoms with Gasteiger partial charge in [0.1, 0.15) is 11.3 Å². The van der Waals surface area contributed by atoms with Gasteiger partial charge in [-0.05, 0) is 52.3 Å². The summed E-state index contributed by atoms with van der Waals surface area (Å²) in [4.78, 5) is 38.9. The zero-order chi connectivity index (χ0) is 27.3. The summed E-state index contributed by atoms with van der Waals surface area (Å²) in [5.74, 6) is 0.104. The van der Waals surface area contributed by atoms with E-state index in [-0.39, 0.29) is 28.4 Å². The summed E-state index contributed by atoms with van der Waals surface area (Å²) < 4.78 is 49.2. The van der Waals surface area contributed by atoms with Crippen molar-refractivity contribution >= 4 is 45.9 Å². The van der Waals surface area contributed by atoms with Crippen molar-refractivity contribution in [2.75, 3.05) is 22.6 Å². The molecular weight excluding hydrogens is 511 g/mol. The third-order valence-electron chi connectivity index (χ3n) is 5.49. The van der Waals surface area contributed by atoms with Gasteiger partial charge in [-0.1, -0.05) is 0 Å². The maximum atomic E-state index is 13.3. The number of carbonyl (C=O) groups is 2. The van der Waals surface area contributed by atoms with Crippen LogP contribution in [0.5, 0.6) is 0 Å². The molecule has 4 heterocycles. The second kappa shape index (κ2) is 8.94. The number of aromatic nitrogens is 4. The summed E-state index contributed by atoms with van der Waals surface area (Å²) in [6.45, 7) is 8.51. The van der Waals surface area contributed by atoms with Crippen molar-refractivity contribution < 1.29 is 27.5 Å². The molecule has 4 rings (SSSR count). The van der Waals surface area contributed by atoms with Gasteiger partial charge >= 0.3 is 12.3 Å². The summed E-state index contributed by atoms with van der Waals surface area (Å²) in [7, 11) is 1.68. The molecule has 0 saturated carbocycles. The lowest BCUT2D eigenvalue weighted by molar-refractivity contribution is -0.137. The summed E-state index contributed by atoms with van der Waals surface area (Å²) in [5, 5.41) is 5.30. The van der Waals surface area contributed by atoms with Gasteiger partial charge < -0.3 is 15.0 Å². The van der Waals surface area contributed by atoms with Crippen molar-refractivity contribution in [3.05, 3.63) is 35.7 Å². The van der Waals surface area contributed by atoms with Crippen molar-refractivity contribution in [3.63, 3.8) is 0 Å². The fourth-order valence-corrected chi connectivity index (χ4v) is 4.27. The van der Waals surface area contributed by atoms with Gasteiger partial charge in [-0.3, -0.25) is 15.1 Å². The first-order valence-corrected chi connectivity index (χ1v) is 11.8. The predicted molar refractivity (Wildman–Crippen MR) is 132 cm³/mol. The normalized spacial score (nSPS) is 14.9. The molecule has 0 radical (unpaired) electrons. The van der Waals surface area contributed by atoms with Gasteiger partial charge in [0.15, 0.2) is 11.6 Å². The number of nitrogens with zero attached hydrogens (tertiary/aromatic N) is 5. The zero-order valence-corrected chi connectivity index (χ0v) is 21.6. The van der Waals surface area contributed by atoms with Crippen molar-refractivity contribution in [1.82, 2.24) is 19.3 Å². The lowest BCUT2D eigenvalue weighted by atomic mass is 9.86. The van der Waals surface area contributed by atoms with Crippen LogP contribution < -0.4 is 15.5 Å². The van der Waals surface area contributed by atoms with Gasteiger partial charge in [0.2, 0.25) is 11.0 Å². The molecule has 0 bridgehead atoms. The van der Waals surface area contributed by atoms with E-state index in [1.807, 2.05) is 13.8 Å². The topological polar surface area (TPSA) is 122 Å².